The van der Waals surface area contributed by atoms with E-state index < -0.39 is 0 Å². The van der Waals surface area contributed by atoms with Crippen LogP contribution in [0.15, 0.2) is 42.5 Å². The number of fused-ring (bicyclic) bond motifs is 1. The van der Waals surface area contributed by atoms with E-state index in [1.54, 1.807) is 6.07 Å². The van der Waals surface area contributed by atoms with Crippen molar-refractivity contribution in [3.8, 4) is 5.75 Å². The largest absolute Gasteiger partial charge is 0.491 e. The quantitative estimate of drug-likeness (QED) is 0.922. The Kier molecular flexibility index (Phi) is 3.60. The molecule has 1 atom stereocenters. The van der Waals surface area contributed by atoms with Gasteiger partial charge in [0.05, 0.1) is 12.0 Å². The molecule has 0 aromatic heterocycles. The van der Waals surface area contributed by atoms with Gasteiger partial charge < -0.3 is 10.1 Å². The first-order valence-electron chi connectivity index (χ1n) is 6.92. The van der Waals surface area contributed by atoms with Crippen molar-refractivity contribution in [3.05, 3.63) is 58.6 Å². The fraction of sp³-hybridized carbons (Fsp3) is 0.235. The van der Waals surface area contributed by atoms with Crippen LogP contribution < -0.4 is 10.1 Å². The normalized spacial score (nSPS) is 16.8. The zero-order valence-corrected chi connectivity index (χ0v) is 12.6. The van der Waals surface area contributed by atoms with E-state index >= 15 is 0 Å². The molecule has 0 aliphatic carbocycles. The summed E-state index contributed by atoms with van der Waals surface area (Å²) in [5.41, 5.74) is 2.57. The number of hydrogen-bond acceptors (Lipinski definition) is 2. The first-order chi connectivity index (χ1) is 10.1. The number of halogens is 1. The van der Waals surface area contributed by atoms with E-state index in [2.05, 4.69) is 5.32 Å². The van der Waals surface area contributed by atoms with E-state index in [-0.39, 0.29) is 17.9 Å². The molecule has 0 saturated carbocycles. The minimum atomic E-state index is -0.381. The predicted molar refractivity (Wildman–Crippen MR) is 84.1 cm³/mol. The summed E-state index contributed by atoms with van der Waals surface area (Å²) in [6, 6.07) is 13.1. The van der Waals surface area contributed by atoms with Gasteiger partial charge in [-0.2, -0.15) is 0 Å². The monoisotopic (exact) mass is 301 g/mol. The molecule has 1 N–H and O–H groups in total. The fourth-order valence-corrected chi connectivity index (χ4v) is 2.80. The number of nitrogens with one attached hydrogen (secondary N) is 1. The van der Waals surface area contributed by atoms with Gasteiger partial charge in [0, 0.05) is 16.3 Å². The number of ether oxygens (including phenoxy) is 1. The van der Waals surface area contributed by atoms with Gasteiger partial charge in [-0.15, -0.1) is 0 Å². The van der Waals surface area contributed by atoms with Gasteiger partial charge >= 0.3 is 0 Å². The van der Waals surface area contributed by atoms with Crippen molar-refractivity contribution in [1.82, 2.24) is 0 Å². The fourth-order valence-electron chi connectivity index (χ4n) is 2.62. The minimum Gasteiger partial charge on any atom is -0.491 e. The molecule has 1 heterocycles. The lowest BCUT2D eigenvalue weighted by molar-refractivity contribution is -0.116. The molecule has 1 unspecified atom stereocenters. The molecule has 0 bridgehead atoms. The van der Waals surface area contributed by atoms with Crippen LogP contribution in [0.4, 0.5) is 5.69 Å². The first kappa shape index (κ1) is 14.0. The van der Waals surface area contributed by atoms with Crippen LogP contribution in [0.2, 0.25) is 5.02 Å². The summed E-state index contributed by atoms with van der Waals surface area (Å²) in [5, 5.41) is 3.52. The second-order valence-electron chi connectivity index (χ2n) is 5.36. The van der Waals surface area contributed by atoms with Crippen molar-refractivity contribution in [2.45, 2.75) is 25.9 Å². The van der Waals surface area contributed by atoms with Crippen LogP contribution in [-0.4, -0.2) is 12.0 Å². The van der Waals surface area contributed by atoms with E-state index in [0.717, 1.165) is 22.6 Å². The molecular formula is C17H16ClNO2. The Labute approximate surface area is 128 Å². The SMILES string of the molecule is CC(C)Oc1ccccc1C1C(=O)Nc2ccc(Cl)cc21. The molecular weight excluding hydrogens is 286 g/mol. The molecule has 4 heteroatoms. The van der Waals surface area contributed by atoms with Crippen LogP contribution in [0.5, 0.6) is 5.75 Å². The van der Waals surface area contributed by atoms with E-state index in [1.165, 1.54) is 0 Å². The summed E-state index contributed by atoms with van der Waals surface area (Å²) in [7, 11) is 0. The average molecular weight is 302 g/mol. The number of hydrogen-bond donors (Lipinski definition) is 1. The molecule has 2 aromatic carbocycles. The Bertz CT molecular complexity index is 697. The van der Waals surface area contributed by atoms with Crippen LogP contribution in [0.25, 0.3) is 0 Å². The van der Waals surface area contributed by atoms with Crippen LogP contribution in [-0.2, 0) is 4.79 Å². The van der Waals surface area contributed by atoms with Gasteiger partial charge in [0.15, 0.2) is 0 Å². The average Bonchev–Trinajstić information content (AvgIpc) is 2.74. The molecule has 21 heavy (non-hydrogen) atoms. The number of anilines is 1. The first-order valence-corrected chi connectivity index (χ1v) is 7.30. The molecule has 3 nitrogen and oxygen atoms in total. The van der Waals surface area contributed by atoms with Gasteiger partial charge in [0.1, 0.15) is 5.75 Å². The number of benzene rings is 2. The predicted octanol–water partition coefficient (Wildman–Crippen LogP) is 4.21. The lowest BCUT2D eigenvalue weighted by Gasteiger charge is -2.17. The summed E-state index contributed by atoms with van der Waals surface area (Å²) in [6.07, 6.45) is 0.0504. The zero-order valence-electron chi connectivity index (χ0n) is 11.9. The van der Waals surface area contributed by atoms with Gasteiger partial charge in [-0.25, -0.2) is 0 Å². The summed E-state index contributed by atoms with van der Waals surface area (Å²) in [6.45, 7) is 3.94. The maximum absolute atomic E-state index is 12.4. The zero-order chi connectivity index (χ0) is 15.0. The Hall–Kier alpha value is -2.00. The Balaban J connectivity index is 2.09. The number of carbonyl (C=O) groups excluding carboxylic acids is 1. The Morgan fingerprint density at radius 1 is 1.14 bits per heavy atom. The standard InChI is InChI=1S/C17H16ClNO2/c1-10(2)21-15-6-4-3-5-12(15)16-13-9-11(18)7-8-14(13)19-17(16)20/h3-10,16H,1-2H3,(H,19,20). The third-order valence-electron chi connectivity index (χ3n) is 3.44. The molecule has 3 rings (SSSR count). The second kappa shape index (κ2) is 5.41. The molecule has 0 spiro atoms. The molecule has 1 amide bonds. The molecule has 108 valence electrons. The van der Waals surface area contributed by atoms with Crippen molar-refractivity contribution in [3.63, 3.8) is 0 Å². The number of para-hydroxylation sites is 1. The summed E-state index contributed by atoms with van der Waals surface area (Å²) in [5.74, 6) is 0.307. The second-order valence-corrected chi connectivity index (χ2v) is 5.79. The van der Waals surface area contributed by atoms with Crippen LogP contribution in [0.1, 0.15) is 30.9 Å². The molecule has 2 aromatic rings. The molecule has 1 aliphatic rings. The van der Waals surface area contributed by atoms with E-state index in [9.17, 15) is 4.79 Å². The van der Waals surface area contributed by atoms with E-state index in [1.807, 2.05) is 50.2 Å². The highest BCUT2D eigenvalue weighted by Gasteiger charge is 2.34. The summed E-state index contributed by atoms with van der Waals surface area (Å²) < 4.78 is 5.84. The summed E-state index contributed by atoms with van der Waals surface area (Å²) in [4.78, 5) is 12.4. The molecule has 0 fully saturated rings. The van der Waals surface area contributed by atoms with Gasteiger partial charge in [-0.3, -0.25) is 4.79 Å². The molecule has 0 saturated heterocycles. The molecule has 0 radical (unpaired) electrons. The van der Waals surface area contributed by atoms with Crippen LogP contribution in [0, 0.1) is 0 Å². The Morgan fingerprint density at radius 2 is 1.90 bits per heavy atom. The topological polar surface area (TPSA) is 38.3 Å². The van der Waals surface area contributed by atoms with Crippen molar-refractivity contribution < 1.29 is 9.53 Å². The third-order valence-corrected chi connectivity index (χ3v) is 3.67. The summed E-state index contributed by atoms with van der Waals surface area (Å²) >= 11 is 6.08. The lowest BCUT2D eigenvalue weighted by atomic mass is 9.92. The molecule has 1 aliphatic heterocycles. The highest BCUT2D eigenvalue weighted by Crippen LogP contribution is 2.41. The number of amides is 1. The number of rotatable bonds is 3. The van der Waals surface area contributed by atoms with Crippen molar-refractivity contribution in [2.75, 3.05) is 5.32 Å². The highest BCUT2D eigenvalue weighted by atomic mass is 35.5. The van der Waals surface area contributed by atoms with Gasteiger partial charge in [-0.05, 0) is 43.7 Å². The maximum atomic E-state index is 12.4. The van der Waals surface area contributed by atoms with Crippen LogP contribution in [0.3, 0.4) is 0 Å². The highest BCUT2D eigenvalue weighted by molar-refractivity contribution is 6.31. The number of carbonyl (C=O) groups is 1. The van der Waals surface area contributed by atoms with Crippen LogP contribution >= 0.6 is 11.6 Å². The van der Waals surface area contributed by atoms with Crippen molar-refractivity contribution in [2.24, 2.45) is 0 Å². The lowest BCUT2D eigenvalue weighted by Crippen LogP contribution is -2.15. The Morgan fingerprint density at radius 3 is 2.67 bits per heavy atom. The minimum absolute atomic E-state index is 0.0490. The third kappa shape index (κ3) is 2.61. The van der Waals surface area contributed by atoms with Gasteiger partial charge in [0.2, 0.25) is 5.91 Å². The van der Waals surface area contributed by atoms with E-state index in [0.29, 0.717) is 5.02 Å². The van der Waals surface area contributed by atoms with Gasteiger partial charge in [-0.1, -0.05) is 29.8 Å². The van der Waals surface area contributed by atoms with Gasteiger partial charge in [0.25, 0.3) is 0 Å². The smallest absolute Gasteiger partial charge is 0.236 e. The van der Waals surface area contributed by atoms with E-state index in [4.69, 9.17) is 16.3 Å². The maximum Gasteiger partial charge on any atom is 0.236 e. The van der Waals surface area contributed by atoms with Crippen molar-refractivity contribution in [1.29, 1.82) is 0 Å². The van der Waals surface area contributed by atoms with Crippen molar-refractivity contribution >= 4 is 23.2 Å².